The van der Waals surface area contributed by atoms with Crippen LogP contribution >= 0.6 is 0 Å². The number of nitrogens with one attached hydrogen (secondary N) is 1. The largest absolute Gasteiger partial charge is 0.383 e. The number of aromatic nitrogens is 2. The van der Waals surface area contributed by atoms with Crippen LogP contribution in [0.5, 0.6) is 0 Å². The van der Waals surface area contributed by atoms with Crippen molar-refractivity contribution in [2.75, 3.05) is 39.7 Å². The Morgan fingerprint density at radius 1 is 1.19 bits per heavy atom. The van der Waals surface area contributed by atoms with E-state index in [1.807, 2.05) is 12.1 Å². The van der Waals surface area contributed by atoms with Gasteiger partial charge in [0.2, 0.25) is 0 Å². The fourth-order valence-corrected chi connectivity index (χ4v) is 2.13. The summed E-state index contributed by atoms with van der Waals surface area (Å²) < 4.78 is 5.03. The average molecular weight is 286 g/mol. The first-order valence-corrected chi connectivity index (χ1v) is 6.98. The molecule has 1 heterocycles. The number of rotatable bonds is 7. The maximum atomic E-state index is 5.03. The molecule has 21 heavy (non-hydrogen) atoms. The fraction of sp³-hybridized carbons (Fsp3) is 0.375. The molecular formula is C16H22N4O. The summed E-state index contributed by atoms with van der Waals surface area (Å²) in [4.78, 5) is 10.8. The van der Waals surface area contributed by atoms with Gasteiger partial charge in [-0.25, -0.2) is 9.97 Å². The van der Waals surface area contributed by atoms with Crippen molar-refractivity contribution in [1.29, 1.82) is 0 Å². The Labute approximate surface area is 126 Å². The molecule has 0 spiro atoms. The Morgan fingerprint density at radius 2 is 2.00 bits per heavy atom. The summed E-state index contributed by atoms with van der Waals surface area (Å²) in [5.74, 6) is 0.816. The zero-order valence-corrected chi connectivity index (χ0v) is 12.8. The van der Waals surface area contributed by atoms with Crippen LogP contribution in [-0.2, 0) is 11.3 Å². The van der Waals surface area contributed by atoms with Crippen LogP contribution in [0.15, 0.2) is 36.7 Å². The number of benzene rings is 1. The first-order valence-electron chi connectivity index (χ1n) is 6.98. The monoisotopic (exact) mass is 286 g/mol. The third-order valence-electron chi connectivity index (χ3n) is 3.06. The number of hydrogen-bond acceptors (Lipinski definition) is 5. The fourth-order valence-electron chi connectivity index (χ4n) is 2.13. The highest BCUT2D eigenvalue weighted by atomic mass is 16.5. The third kappa shape index (κ3) is 4.51. The highest BCUT2D eigenvalue weighted by molar-refractivity contribution is 5.65. The molecule has 1 aromatic carbocycles. The van der Waals surface area contributed by atoms with Crippen LogP contribution < -0.4 is 5.32 Å². The molecule has 0 bridgehead atoms. The first-order chi connectivity index (χ1) is 10.2. The number of anilines is 1. The number of nitrogens with zero attached hydrogens (tertiary/aromatic N) is 3. The zero-order chi connectivity index (χ0) is 15.1. The van der Waals surface area contributed by atoms with Gasteiger partial charge in [-0.2, -0.15) is 0 Å². The van der Waals surface area contributed by atoms with E-state index in [-0.39, 0.29) is 0 Å². The molecule has 0 radical (unpaired) electrons. The predicted octanol–water partition coefficient (Wildman–Crippen LogP) is 2.26. The van der Waals surface area contributed by atoms with Gasteiger partial charge >= 0.3 is 0 Å². The molecule has 0 amide bonds. The van der Waals surface area contributed by atoms with Gasteiger partial charge in [-0.1, -0.05) is 24.3 Å². The topological polar surface area (TPSA) is 50.3 Å². The molecule has 1 aromatic heterocycles. The van der Waals surface area contributed by atoms with E-state index in [1.54, 1.807) is 13.4 Å². The molecular weight excluding hydrogens is 264 g/mol. The number of hydrogen-bond donors (Lipinski definition) is 1. The molecule has 0 saturated heterocycles. The van der Waals surface area contributed by atoms with Crippen LogP contribution in [0.2, 0.25) is 0 Å². The second-order valence-electron chi connectivity index (χ2n) is 5.10. The summed E-state index contributed by atoms with van der Waals surface area (Å²) in [7, 11) is 5.81. The molecule has 2 aromatic rings. The van der Waals surface area contributed by atoms with E-state index in [0.717, 1.165) is 30.2 Å². The van der Waals surface area contributed by atoms with Gasteiger partial charge in [0.25, 0.3) is 0 Å². The summed E-state index contributed by atoms with van der Waals surface area (Å²) >= 11 is 0. The molecule has 2 rings (SSSR count). The van der Waals surface area contributed by atoms with Gasteiger partial charge in [-0.15, -0.1) is 0 Å². The Morgan fingerprint density at radius 3 is 2.76 bits per heavy atom. The van der Waals surface area contributed by atoms with E-state index in [0.29, 0.717) is 6.61 Å². The maximum Gasteiger partial charge on any atom is 0.130 e. The van der Waals surface area contributed by atoms with E-state index in [9.17, 15) is 0 Å². The normalized spacial score (nSPS) is 10.9. The Hall–Kier alpha value is -1.98. The van der Waals surface area contributed by atoms with Crippen LogP contribution in [0, 0.1) is 0 Å². The van der Waals surface area contributed by atoms with E-state index >= 15 is 0 Å². The Bertz CT molecular complexity index is 572. The summed E-state index contributed by atoms with van der Waals surface area (Å²) in [5.41, 5.74) is 3.33. The molecule has 5 nitrogen and oxygen atoms in total. The molecule has 0 aliphatic carbocycles. The summed E-state index contributed by atoms with van der Waals surface area (Å²) in [6.45, 7) is 2.26. The summed E-state index contributed by atoms with van der Waals surface area (Å²) in [5, 5.41) is 3.23. The number of ether oxygens (including phenoxy) is 1. The lowest BCUT2D eigenvalue weighted by molar-refractivity contribution is 0.210. The van der Waals surface area contributed by atoms with Gasteiger partial charge in [0.05, 0.1) is 12.3 Å². The minimum absolute atomic E-state index is 0.649. The third-order valence-corrected chi connectivity index (χ3v) is 3.06. The zero-order valence-electron chi connectivity index (χ0n) is 12.8. The lowest BCUT2D eigenvalue weighted by Crippen LogP contribution is -2.12. The van der Waals surface area contributed by atoms with Gasteiger partial charge in [0, 0.05) is 31.8 Å². The highest BCUT2D eigenvalue weighted by Crippen LogP contribution is 2.23. The molecule has 0 saturated carbocycles. The molecule has 1 N–H and O–H groups in total. The van der Waals surface area contributed by atoms with E-state index in [1.165, 1.54) is 5.56 Å². The van der Waals surface area contributed by atoms with Gasteiger partial charge in [0.1, 0.15) is 12.1 Å². The standard InChI is InChI=1S/C16H22N4O/c1-20(2)11-13-6-4-5-7-14(13)15-10-16(19-12-18-15)17-8-9-21-3/h4-7,10,12H,8-9,11H2,1-3H3,(H,17,18,19). The van der Waals surface area contributed by atoms with Crippen LogP contribution in [-0.4, -0.2) is 49.2 Å². The average Bonchev–Trinajstić information content (AvgIpc) is 2.48. The van der Waals surface area contributed by atoms with Crippen LogP contribution in [0.25, 0.3) is 11.3 Å². The molecule has 0 fully saturated rings. The van der Waals surface area contributed by atoms with Crippen LogP contribution in [0.1, 0.15) is 5.56 Å². The summed E-state index contributed by atoms with van der Waals surface area (Å²) in [6, 6.07) is 10.3. The molecule has 0 atom stereocenters. The van der Waals surface area contributed by atoms with Crippen molar-refractivity contribution >= 4 is 5.82 Å². The van der Waals surface area contributed by atoms with Gasteiger partial charge < -0.3 is 15.0 Å². The highest BCUT2D eigenvalue weighted by Gasteiger charge is 2.08. The molecule has 0 aliphatic heterocycles. The Kier molecular flexibility index (Phi) is 5.66. The van der Waals surface area contributed by atoms with E-state index < -0.39 is 0 Å². The van der Waals surface area contributed by atoms with Crippen LogP contribution in [0.4, 0.5) is 5.82 Å². The van der Waals surface area contributed by atoms with Crippen molar-refractivity contribution in [2.45, 2.75) is 6.54 Å². The lowest BCUT2D eigenvalue weighted by atomic mass is 10.0. The Balaban J connectivity index is 2.23. The maximum absolute atomic E-state index is 5.03. The van der Waals surface area contributed by atoms with Crippen molar-refractivity contribution < 1.29 is 4.74 Å². The molecule has 5 heteroatoms. The predicted molar refractivity (Wildman–Crippen MR) is 85.2 cm³/mol. The first kappa shape index (κ1) is 15.4. The van der Waals surface area contributed by atoms with Gasteiger partial charge in [0.15, 0.2) is 0 Å². The van der Waals surface area contributed by atoms with Crippen molar-refractivity contribution in [2.24, 2.45) is 0 Å². The van der Waals surface area contributed by atoms with Crippen molar-refractivity contribution in [3.63, 3.8) is 0 Å². The SMILES string of the molecule is COCCNc1cc(-c2ccccc2CN(C)C)ncn1. The molecule has 0 aliphatic rings. The summed E-state index contributed by atoms with van der Waals surface area (Å²) in [6.07, 6.45) is 1.59. The van der Waals surface area contributed by atoms with E-state index in [2.05, 4.69) is 52.5 Å². The van der Waals surface area contributed by atoms with Crippen molar-refractivity contribution in [1.82, 2.24) is 14.9 Å². The van der Waals surface area contributed by atoms with Crippen LogP contribution in [0.3, 0.4) is 0 Å². The smallest absolute Gasteiger partial charge is 0.130 e. The van der Waals surface area contributed by atoms with Gasteiger partial charge in [-0.05, 0) is 19.7 Å². The molecule has 112 valence electrons. The van der Waals surface area contributed by atoms with E-state index in [4.69, 9.17) is 4.74 Å². The quantitative estimate of drug-likeness (QED) is 0.791. The van der Waals surface area contributed by atoms with Gasteiger partial charge in [-0.3, -0.25) is 0 Å². The molecule has 0 unspecified atom stereocenters. The second kappa shape index (κ2) is 7.71. The minimum atomic E-state index is 0.649. The second-order valence-corrected chi connectivity index (χ2v) is 5.10. The van der Waals surface area contributed by atoms with Crippen molar-refractivity contribution in [3.8, 4) is 11.3 Å². The lowest BCUT2D eigenvalue weighted by Gasteiger charge is -2.14. The number of methoxy groups -OCH3 is 1. The minimum Gasteiger partial charge on any atom is -0.383 e. The van der Waals surface area contributed by atoms with Crippen molar-refractivity contribution in [3.05, 3.63) is 42.2 Å².